The van der Waals surface area contributed by atoms with E-state index < -0.39 is 44.3 Å². The summed E-state index contributed by atoms with van der Waals surface area (Å²) in [6, 6.07) is 22.3. The summed E-state index contributed by atoms with van der Waals surface area (Å²) in [5.41, 5.74) is 8.27. The van der Waals surface area contributed by atoms with Crippen LogP contribution in [0.1, 0.15) is 62.0 Å². The van der Waals surface area contributed by atoms with Crippen LogP contribution >= 0.6 is 0 Å². The van der Waals surface area contributed by atoms with Crippen LogP contribution in [0.15, 0.2) is 84.9 Å². The first-order valence-corrected chi connectivity index (χ1v) is 21.0. The summed E-state index contributed by atoms with van der Waals surface area (Å²) in [5.74, 6) is -0.0105. The van der Waals surface area contributed by atoms with Crippen molar-refractivity contribution >= 4 is 49.4 Å². The number of carbonyl (C=O) groups is 2. The van der Waals surface area contributed by atoms with Crippen LogP contribution in [0.3, 0.4) is 0 Å². The molecule has 2 atom stereocenters. The maximum Gasteiger partial charge on any atom is 0.298 e. The van der Waals surface area contributed by atoms with Crippen LogP contribution in [0.25, 0.3) is 0 Å². The van der Waals surface area contributed by atoms with Gasteiger partial charge in [-0.2, -0.15) is 22.1 Å². The van der Waals surface area contributed by atoms with Crippen LogP contribution in [0.2, 0.25) is 0 Å². The molecule has 4 aromatic rings. The molecule has 0 aromatic heterocycles. The molecule has 0 heterocycles. The lowest BCUT2D eigenvalue weighted by Gasteiger charge is -2.21. The van der Waals surface area contributed by atoms with Crippen molar-refractivity contribution in [1.29, 1.82) is 10.7 Å². The maximum atomic E-state index is 12.7. The molecule has 0 bridgehead atoms. The van der Waals surface area contributed by atoms with Crippen LogP contribution in [0.5, 0.6) is 23.0 Å². The van der Waals surface area contributed by atoms with Gasteiger partial charge in [0.25, 0.3) is 32.2 Å². The molecular weight excluding hydrogens is 807 g/mol. The molecule has 0 aliphatic heterocycles. The molecule has 0 radical (unpaired) electrons. The van der Waals surface area contributed by atoms with Gasteiger partial charge in [0.1, 0.15) is 17.9 Å². The summed E-state index contributed by atoms with van der Waals surface area (Å²) in [7, 11) is -8.52. The first-order chi connectivity index (χ1) is 27.9. The van der Waals surface area contributed by atoms with Crippen molar-refractivity contribution in [2.75, 3.05) is 37.1 Å². The van der Waals surface area contributed by atoms with Gasteiger partial charge in [0.15, 0.2) is 23.0 Å². The number of amides is 2. The number of nitriles is 1. The minimum Gasteiger partial charge on any atom is -0.490 e. The number of nitrogens with two attached hydrogens (primary N) is 3. The number of ether oxygens (including phenoxy) is 4. The molecule has 0 saturated heterocycles. The van der Waals surface area contributed by atoms with E-state index in [-0.39, 0.29) is 5.84 Å². The van der Waals surface area contributed by atoms with Crippen molar-refractivity contribution in [1.82, 2.24) is 9.44 Å². The fourth-order valence-corrected chi connectivity index (χ4v) is 6.01. The fourth-order valence-electron chi connectivity index (χ4n) is 5.21. The maximum absolute atomic E-state index is 12.7. The van der Waals surface area contributed by atoms with Gasteiger partial charge in [0, 0.05) is 16.9 Å². The van der Waals surface area contributed by atoms with E-state index >= 15 is 0 Å². The van der Waals surface area contributed by atoms with Gasteiger partial charge in [-0.1, -0.05) is 12.1 Å². The van der Waals surface area contributed by atoms with Gasteiger partial charge < -0.3 is 35.3 Å². The third-order valence-corrected chi connectivity index (χ3v) is 8.61. The Morgan fingerprint density at radius 2 is 0.983 bits per heavy atom. The van der Waals surface area contributed by atoms with Crippen molar-refractivity contribution in [3.05, 3.63) is 107 Å². The number of hydrogen-bond donors (Lipinski definition) is 8. The van der Waals surface area contributed by atoms with Crippen molar-refractivity contribution in [2.45, 2.75) is 39.8 Å². The average Bonchev–Trinajstić information content (AvgIpc) is 3.17. The largest absolute Gasteiger partial charge is 0.490 e. The first kappa shape index (κ1) is 46.8. The van der Waals surface area contributed by atoms with E-state index in [9.17, 15) is 26.4 Å². The van der Waals surface area contributed by atoms with Gasteiger partial charge in [-0.25, -0.2) is 19.7 Å². The van der Waals surface area contributed by atoms with Gasteiger partial charge in [0.2, 0.25) is 0 Å². The molecule has 0 aliphatic carbocycles. The van der Waals surface area contributed by atoms with E-state index in [4.69, 9.17) is 45.6 Å². The van der Waals surface area contributed by atoms with Crippen LogP contribution in [-0.2, 0) is 30.0 Å². The van der Waals surface area contributed by atoms with Crippen LogP contribution in [-0.4, -0.2) is 60.9 Å². The molecule has 11 N–H and O–H groups in total. The highest BCUT2D eigenvalue weighted by Crippen LogP contribution is 2.34. The Bertz CT molecular complexity index is 2340. The lowest BCUT2D eigenvalue weighted by molar-refractivity contribution is -0.121. The zero-order valence-corrected chi connectivity index (χ0v) is 34.3. The molecule has 4 aromatic carbocycles. The topological polar surface area (TPSA) is 313 Å². The quantitative estimate of drug-likeness (QED) is 0.0497. The van der Waals surface area contributed by atoms with Crippen molar-refractivity contribution in [3.63, 3.8) is 0 Å². The number of carbonyl (C=O) groups excluding carboxylic acids is 2. The Labute approximate surface area is 343 Å². The van der Waals surface area contributed by atoms with Gasteiger partial charge in [-0.05, 0) is 112 Å². The van der Waals surface area contributed by atoms with E-state index in [1.54, 1.807) is 94.4 Å². The van der Waals surface area contributed by atoms with Crippen LogP contribution in [0, 0.1) is 16.7 Å². The molecular formula is C38H47N9O10S2. The monoisotopic (exact) mass is 853 g/mol. The third-order valence-electron chi connectivity index (χ3n) is 7.64. The number of anilines is 2. The Morgan fingerprint density at radius 3 is 1.31 bits per heavy atom. The Kier molecular flexibility index (Phi) is 17.3. The summed E-state index contributed by atoms with van der Waals surface area (Å²) in [6.07, 6.45) is 0. The lowest BCUT2D eigenvalue weighted by Crippen LogP contribution is -2.41. The van der Waals surface area contributed by atoms with E-state index in [0.717, 1.165) is 0 Å². The standard InChI is InChI=1S/C19H25N5O5S.C19H22N4O5S/c1-3-28-15-10-7-13(11-16(15)29-4-2)17(19(25)24-30(22,26)27)23-14-8-5-12(6-9-14)18(20)21;1-3-27-16-10-7-14(11-17(16)28-4-2)18(19(24)23-29(21,25)26)22-15-8-5-13(12-20)6-9-15/h5-11,17,23H,3-4H2,1-2H3,(H3,20,21)(H,24,25)(H2,22,26,27);5-11,18,22H,3-4H2,1-2H3,(H,23,24)(H2,21,25,26). The molecule has 0 saturated carbocycles. The second-order valence-electron chi connectivity index (χ2n) is 12.0. The molecule has 4 rings (SSSR count). The second-order valence-corrected chi connectivity index (χ2v) is 14.6. The number of amidine groups is 1. The molecule has 2 amide bonds. The van der Waals surface area contributed by atoms with Crippen LogP contribution in [0.4, 0.5) is 11.4 Å². The van der Waals surface area contributed by atoms with E-state index in [1.165, 1.54) is 0 Å². The summed E-state index contributed by atoms with van der Waals surface area (Å²) in [6.45, 7) is 8.88. The Morgan fingerprint density at radius 1 is 0.627 bits per heavy atom. The van der Waals surface area contributed by atoms with E-state index in [2.05, 4.69) is 10.6 Å². The second kappa shape index (κ2) is 21.8. The third kappa shape index (κ3) is 15.0. The normalized spacial score (nSPS) is 11.9. The molecule has 19 nitrogen and oxygen atoms in total. The molecule has 2 unspecified atom stereocenters. The summed E-state index contributed by atoms with van der Waals surface area (Å²) >= 11 is 0. The number of benzene rings is 4. The smallest absolute Gasteiger partial charge is 0.298 e. The SMILES string of the molecule is CCOc1ccc(C(Nc2ccc(C#N)cc2)C(=O)NS(N)(=O)=O)cc1OCC.CCOc1ccc(C(Nc2ccc(C(=N)N)cc2)C(=O)NS(N)(=O)=O)cc1OCC. The predicted octanol–water partition coefficient (Wildman–Crippen LogP) is 3.07. The highest BCUT2D eigenvalue weighted by molar-refractivity contribution is 7.88. The first-order valence-electron chi connectivity index (χ1n) is 17.9. The summed E-state index contributed by atoms with van der Waals surface area (Å²) in [5, 5.41) is 32.2. The molecule has 0 spiro atoms. The number of nitrogens with zero attached hydrogens (tertiary/aromatic N) is 1. The highest BCUT2D eigenvalue weighted by atomic mass is 32.2. The minimum atomic E-state index is -4.26. The molecule has 0 aliphatic rings. The zero-order chi connectivity index (χ0) is 43.8. The highest BCUT2D eigenvalue weighted by Gasteiger charge is 2.26. The number of hydrogen-bond acceptors (Lipinski definition) is 14. The van der Waals surface area contributed by atoms with Crippen LogP contribution < -0.4 is 55.0 Å². The number of rotatable bonds is 19. The predicted molar refractivity (Wildman–Crippen MR) is 221 cm³/mol. The minimum absolute atomic E-state index is 0.0991. The Hall–Kier alpha value is -6.60. The lowest BCUT2D eigenvalue weighted by atomic mass is 10.0. The number of nitrogen functional groups attached to an aromatic ring is 1. The van der Waals surface area contributed by atoms with Crippen molar-refractivity contribution in [2.24, 2.45) is 16.0 Å². The average molecular weight is 854 g/mol. The Balaban J connectivity index is 0.000000316. The molecule has 59 heavy (non-hydrogen) atoms. The van der Waals surface area contributed by atoms with Crippen molar-refractivity contribution < 1.29 is 45.4 Å². The van der Waals surface area contributed by atoms with Gasteiger partial charge in [-0.15, -0.1) is 0 Å². The summed E-state index contributed by atoms with van der Waals surface area (Å²) < 4.78 is 71.3. The van der Waals surface area contributed by atoms with E-state index in [0.29, 0.717) is 83.1 Å². The van der Waals surface area contributed by atoms with Gasteiger partial charge >= 0.3 is 0 Å². The van der Waals surface area contributed by atoms with E-state index in [1.807, 2.05) is 33.8 Å². The fraction of sp³-hybridized carbons (Fsp3) is 0.263. The van der Waals surface area contributed by atoms with Gasteiger partial charge in [0.05, 0.1) is 38.1 Å². The molecule has 316 valence electrons. The number of nitrogens with one attached hydrogen (secondary N) is 5. The van der Waals surface area contributed by atoms with Crippen molar-refractivity contribution in [3.8, 4) is 29.1 Å². The summed E-state index contributed by atoms with van der Waals surface area (Å²) in [4.78, 5) is 25.3. The van der Waals surface area contributed by atoms with Gasteiger partial charge in [-0.3, -0.25) is 15.0 Å². The zero-order valence-electron chi connectivity index (χ0n) is 32.6. The molecule has 0 fully saturated rings. The molecule has 21 heteroatoms.